The number of unbranched alkanes of at least 4 members (excludes halogenated alkanes) is 7. The molecule has 0 aliphatic heterocycles. The first kappa shape index (κ1) is 401. The molecule has 0 nitrogen and oxygen atoms in total. The van der Waals surface area contributed by atoms with Gasteiger partial charge in [0.25, 0.3) is 0 Å². The first-order valence-corrected chi connectivity index (χ1v) is 40.0. The van der Waals surface area contributed by atoms with Gasteiger partial charge in [0.2, 0.25) is 0 Å². The minimum absolute atomic E-state index is 0. The third-order valence-corrected chi connectivity index (χ3v) is 3.50. The van der Waals surface area contributed by atoms with Crippen LogP contribution in [0.3, 0.4) is 0 Å². The lowest BCUT2D eigenvalue weighted by atomic mass is 10.4. The molecule has 0 bridgehead atoms. The Labute approximate surface area is 728 Å². The highest BCUT2D eigenvalue weighted by Crippen LogP contribution is 1.79. The molecule has 0 aromatic heterocycles. The SMILES string of the molecule is C.C.C.C.C.C.C.C.C.C.C.C.C.C.C.C.C.C.C.C.C.C.C.CC.CC.CC.CC.CC.CC.CC.CC.CC.CC.CC.CCC.CCC.CCC.CCC.CCC.CCC.CCC.CCC.CCC.CCC.CCC.CCCC.CCCC.CCCC.CCCC.CCCC.CCCC.CCCC. The lowest BCUT2D eigenvalue weighted by molar-refractivity contribution is 0.886. The van der Waals surface area contributed by atoms with Gasteiger partial charge in [-0.15, -0.1) is 0 Å². The van der Waals surface area contributed by atoms with E-state index in [9.17, 15) is 0 Å². The van der Waals surface area contributed by atoms with Gasteiger partial charge in [-0.05, 0) is 0 Å². The molecule has 0 saturated heterocycles. The van der Waals surface area contributed by atoms with Crippen LogP contribution in [0.1, 0.15) is 733 Å². The monoisotopic (exact) mass is 1590 g/mol. The topological polar surface area (TPSA) is 0 Å². The molecule has 0 aromatic carbocycles. The maximum Gasteiger partial charge on any atom is -0.0564 e. The first-order chi connectivity index (χ1) is 40.0. The third-order valence-electron chi connectivity index (χ3n) is 3.50. The molecule has 740 valence electrons. The van der Waals surface area contributed by atoms with E-state index in [0.29, 0.717) is 0 Å². The van der Waals surface area contributed by atoms with Crippen LogP contribution in [0.4, 0.5) is 0 Å². The molecule has 0 N–H and O–H groups in total. The van der Waals surface area contributed by atoms with Crippen molar-refractivity contribution in [2.45, 2.75) is 733 Å². The van der Waals surface area contributed by atoms with Gasteiger partial charge in [0, 0.05) is 0 Å². The number of hydrogen-bond donors (Lipinski definition) is 0. The van der Waals surface area contributed by atoms with E-state index in [2.05, 4.69) is 249 Å². The van der Waals surface area contributed by atoms with Crippen molar-refractivity contribution < 1.29 is 0 Å². The Hall–Kier alpha value is 0. The average molecular weight is 1590 g/mol. The highest BCUT2D eigenvalue weighted by molar-refractivity contribution is 4.15. The zero-order chi connectivity index (χ0) is 75.7. The molecule has 0 unspecified atom stereocenters. The van der Waals surface area contributed by atoms with E-state index in [-0.39, 0.29) is 171 Å². The van der Waals surface area contributed by atoms with Gasteiger partial charge in [-0.2, -0.15) is 0 Å². The first-order valence-electron chi connectivity index (χ1n) is 40.0. The van der Waals surface area contributed by atoms with Gasteiger partial charge >= 0.3 is 0 Å². The Kier molecular flexibility index (Phi) is 6870. The van der Waals surface area contributed by atoms with E-state index < -0.39 is 0 Å². The van der Waals surface area contributed by atoms with Crippen molar-refractivity contribution in [3.05, 3.63) is 0 Å². The molecule has 0 spiro atoms. The van der Waals surface area contributed by atoms with Gasteiger partial charge < -0.3 is 0 Å². The van der Waals surface area contributed by atoms with E-state index >= 15 is 0 Å². The van der Waals surface area contributed by atoms with Gasteiger partial charge in [-0.1, -0.05) is 733 Å². The Morgan fingerprint density at radius 1 is 0.0660 bits per heavy atom. The summed E-state index contributed by atoms with van der Waals surface area (Å²) in [6.07, 6.45) is 32.2. The van der Waals surface area contributed by atoms with Crippen LogP contribution < -0.4 is 0 Å². The molecule has 0 amide bonds. The summed E-state index contributed by atoms with van der Waals surface area (Å²) in [7, 11) is 0. The van der Waals surface area contributed by atoms with E-state index in [0.717, 1.165) is 0 Å². The third kappa shape index (κ3) is 22500. The summed E-state index contributed by atoms with van der Waals surface area (Å²) in [4.78, 5) is 0. The Bertz CT molecular complexity index is 141. The lowest BCUT2D eigenvalue weighted by Crippen LogP contribution is -1.47. The molecule has 0 heterocycles. The highest BCUT2D eigenvalue weighted by atomic mass is 13.7. The Morgan fingerprint density at radius 2 is 0.0755 bits per heavy atom. The molecule has 0 rings (SSSR count). The molecule has 0 fully saturated rings. The van der Waals surface area contributed by atoms with Gasteiger partial charge in [-0.3, -0.25) is 0 Å². The fourth-order valence-electron chi connectivity index (χ4n) is 0. The molecule has 0 saturated carbocycles. The van der Waals surface area contributed by atoms with Crippen molar-refractivity contribution in [1.29, 1.82) is 0 Å². The Morgan fingerprint density at radius 3 is 0.0755 bits per heavy atom. The van der Waals surface area contributed by atoms with Crippen molar-refractivity contribution in [2.75, 3.05) is 0 Å². The van der Waals surface area contributed by atoms with E-state index in [4.69, 9.17) is 0 Å². The molecule has 0 radical (unpaired) electrons. The summed E-state index contributed by atoms with van der Waals surface area (Å²) >= 11 is 0. The van der Waals surface area contributed by atoms with Crippen molar-refractivity contribution in [2.24, 2.45) is 0 Å². The maximum atomic E-state index is 2.18. The molecule has 0 heteroatoms. The van der Waals surface area contributed by atoms with Crippen molar-refractivity contribution >= 4 is 0 Å². The van der Waals surface area contributed by atoms with Crippen LogP contribution in [-0.4, -0.2) is 0 Å². The van der Waals surface area contributed by atoms with Crippen LogP contribution in [0.25, 0.3) is 0 Å². The van der Waals surface area contributed by atoms with Gasteiger partial charge in [0.15, 0.2) is 0 Å². The second-order valence-electron chi connectivity index (χ2n) is 14.8. The van der Waals surface area contributed by atoms with Crippen LogP contribution in [0.15, 0.2) is 0 Å². The smallest absolute Gasteiger partial charge is 0.0564 e. The van der Waals surface area contributed by atoms with Crippen molar-refractivity contribution in [3.8, 4) is 0 Å². The van der Waals surface area contributed by atoms with Crippen molar-refractivity contribution in [3.63, 3.8) is 0 Å². The average Bonchev–Trinajstić information content (AvgIpc) is 3.55. The summed E-state index contributed by atoms with van der Waals surface area (Å²) < 4.78 is 0. The molecule has 0 atom stereocenters. The van der Waals surface area contributed by atoms with Crippen molar-refractivity contribution in [1.82, 2.24) is 0 Å². The predicted octanol–water partition coefficient (Wildman–Crippen LogP) is 54.1. The maximum absolute atomic E-state index is 2.18. The van der Waals surface area contributed by atoms with Crippen LogP contribution in [0.5, 0.6) is 0 Å². The van der Waals surface area contributed by atoms with E-state index in [1.165, 1.54) is 161 Å². The predicted molar refractivity (Wildman–Crippen MR) is 599 cm³/mol. The quantitative estimate of drug-likeness (QED) is 0.238. The van der Waals surface area contributed by atoms with Crippen LogP contribution in [-0.2, 0) is 0 Å². The zero-order valence-corrected chi connectivity index (χ0v) is 75.7. The van der Waals surface area contributed by atoms with Crippen LogP contribution in [0.2, 0.25) is 0 Å². The molecule has 0 aromatic rings. The summed E-state index contributed by atoms with van der Waals surface area (Å²) in [5.41, 5.74) is 0. The molecule has 0 aliphatic rings. The zero-order valence-electron chi connectivity index (χ0n) is 75.7. The Balaban J connectivity index is -0.00000000567. The van der Waals surface area contributed by atoms with Crippen LogP contribution in [0, 0.1) is 0 Å². The minimum atomic E-state index is 0. The second-order valence-corrected chi connectivity index (χ2v) is 14.8. The lowest BCUT2D eigenvalue weighted by Gasteiger charge is -1.68. The molecule has 0 aliphatic carbocycles. The van der Waals surface area contributed by atoms with Gasteiger partial charge in [0.05, 0.1) is 0 Å². The number of rotatable bonds is 7. The summed E-state index contributed by atoms with van der Waals surface area (Å²) in [5, 5.41) is 0. The standard InChI is InChI=1S/7C4H10.11C3H8.11C2H6.23CH4/c7*1-3-4-2;11*1-3-2;11*1-2;;;;;;;;;;;;;;;;;;;;;;;/h7*3-4H2,1-2H3;11*3H2,1-2H3;11*1-2H3;23*1H4. The second kappa shape index (κ2) is 1820. The van der Waals surface area contributed by atoms with Gasteiger partial charge in [0.1, 0.15) is 0 Å². The van der Waals surface area contributed by atoms with E-state index in [1.54, 1.807) is 0 Å². The summed E-state index contributed by atoms with van der Waals surface area (Å²) in [6.45, 7) is 121. The van der Waals surface area contributed by atoms with Gasteiger partial charge in [-0.25, -0.2) is 0 Å². The minimum Gasteiger partial charge on any atom is -0.0776 e. The summed E-state index contributed by atoms with van der Waals surface area (Å²) in [5.74, 6) is 0. The molecular formula is C106H316. The molecular weight excluding hydrogens is 1270 g/mol. The highest BCUT2D eigenvalue weighted by Gasteiger charge is 1.59. The normalized spacial score (nSPS) is 4.47. The largest absolute Gasteiger partial charge is 0.0776 e. The fraction of sp³-hybridized carbons (Fsp3) is 1.00. The summed E-state index contributed by atoms with van der Waals surface area (Å²) in [6, 6.07) is 0. The number of hydrogen-bond acceptors (Lipinski definition) is 0. The van der Waals surface area contributed by atoms with E-state index in [1.807, 2.05) is 152 Å². The van der Waals surface area contributed by atoms with Crippen LogP contribution >= 0.6 is 0 Å². The fourth-order valence-corrected chi connectivity index (χ4v) is 0. The molecule has 106 heavy (non-hydrogen) atoms.